The van der Waals surface area contributed by atoms with E-state index in [0.29, 0.717) is 17.5 Å². The second-order valence-electron chi connectivity index (χ2n) is 4.54. The Morgan fingerprint density at radius 3 is 2.32 bits per heavy atom. The van der Waals surface area contributed by atoms with Gasteiger partial charge in [-0.3, -0.25) is 4.79 Å². The van der Waals surface area contributed by atoms with Crippen LogP contribution in [0.2, 0.25) is 0 Å². The Kier molecular flexibility index (Phi) is 4.71. The predicted molar refractivity (Wildman–Crippen MR) is 73.3 cm³/mol. The van der Waals surface area contributed by atoms with Crippen LogP contribution in [0.4, 0.5) is 0 Å². The summed E-state index contributed by atoms with van der Waals surface area (Å²) in [5.41, 5.74) is 1.45. The Morgan fingerprint density at radius 1 is 1.32 bits per heavy atom. The largest absolute Gasteiger partial charge is 0.478 e. The highest BCUT2D eigenvalue weighted by Crippen LogP contribution is 2.19. The summed E-state index contributed by atoms with van der Waals surface area (Å²) in [6.45, 7) is 5.17. The molecule has 0 aliphatic rings. The number of benzene rings is 1. The van der Waals surface area contributed by atoms with Gasteiger partial charge in [0.15, 0.2) is 0 Å². The first-order valence-electron chi connectivity index (χ1n) is 5.96. The van der Waals surface area contributed by atoms with E-state index in [-0.39, 0.29) is 17.2 Å². The Balaban J connectivity index is 3.19. The molecule has 1 aromatic carbocycles. The summed E-state index contributed by atoms with van der Waals surface area (Å²) in [7, 11) is 0. The van der Waals surface area contributed by atoms with E-state index in [0.717, 1.165) is 0 Å². The van der Waals surface area contributed by atoms with Gasteiger partial charge in [0, 0.05) is 12.5 Å². The van der Waals surface area contributed by atoms with Crippen molar-refractivity contribution in [3.05, 3.63) is 34.4 Å². The normalized spacial score (nSPS) is 11.5. The second kappa shape index (κ2) is 6.05. The Bertz CT molecular complexity index is 555. The first-order valence-corrected chi connectivity index (χ1v) is 5.96. The predicted octanol–water partition coefficient (Wildman–Crippen LogP) is 2.14. The minimum absolute atomic E-state index is 0.0467. The number of nitrogens with one attached hydrogen (secondary N) is 1. The van der Waals surface area contributed by atoms with E-state index in [2.05, 4.69) is 11.2 Å². The van der Waals surface area contributed by atoms with Crippen molar-refractivity contribution >= 4 is 11.9 Å². The number of amides is 1. The third-order valence-electron chi connectivity index (χ3n) is 2.86. The zero-order valence-electron chi connectivity index (χ0n) is 11.3. The van der Waals surface area contributed by atoms with Crippen LogP contribution in [-0.4, -0.2) is 23.0 Å². The van der Waals surface area contributed by atoms with E-state index >= 15 is 0 Å². The average Bonchev–Trinajstić information content (AvgIpc) is 2.31. The highest BCUT2D eigenvalue weighted by atomic mass is 16.4. The Morgan fingerprint density at radius 2 is 1.84 bits per heavy atom. The van der Waals surface area contributed by atoms with E-state index < -0.39 is 11.9 Å². The minimum atomic E-state index is -1.10. The highest BCUT2D eigenvalue weighted by Gasteiger charge is 2.21. The van der Waals surface area contributed by atoms with Crippen molar-refractivity contribution in [2.24, 2.45) is 0 Å². The van der Waals surface area contributed by atoms with Crippen LogP contribution < -0.4 is 5.32 Å². The van der Waals surface area contributed by atoms with Gasteiger partial charge in [0.05, 0.1) is 11.1 Å². The van der Waals surface area contributed by atoms with Gasteiger partial charge in [0.25, 0.3) is 5.91 Å². The molecular formula is C15H17NO3. The summed E-state index contributed by atoms with van der Waals surface area (Å²) in [6.07, 6.45) is 5.58. The molecule has 19 heavy (non-hydrogen) atoms. The molecule has 100 valence electrons. The van der Waals surface area contributed by atoms with Gasteiger partial charge in [-0.2, -0.15) is 0 Å². The summed E-state index contributed by atoms with van der Waals surface area (Å²) in [4.78, 5) is 23.5. The van der Waals surface area contributed by atoms with Gasteiger partial charge in [-0.25, -0.2) is 4.79 Å². The molecule has 4 nitrogen and oxygen atoms in total. The number of aryl methyl sites for hydroxylation is 2. The van der Waals surface area contributed by atoms with Gasteiger partial charge in [0.1, 0.15) is 0 Å². The molecule has 1 atom stereocenters. The number of carbonyl (C=O) groups is 2. The van der Waals surface area contributed by atoms with Crippen LogP contribution in [0.5, 0.6) is 0 Å². The number of carbonyl (C=O) groups excluding carboxylic acids is 1. The number of carboxylic acids is 1. The van der Waals surface area contributed by atoms with Crippen molar-refractivity contribution in [1.82, 2.24) is 5.32 Å². The lowest BCUT2D eigenvalue weighted by Gasteiger charge is -2.15. The van der Waals surface area contributed by atoms with Crippen LogP contribution in [0.1, 0.15) is 45.2 Å². The molecule has 1 unspecified atom stereocenters. The first kappa shape index (κ1) is 14.8. The van der Waals surface area contributed by atoms with Crippen LogP contribution in [0, 0.1) is 26.2 Å². The van der Waals surface area contributed by atoms with Crippen molar-refractivity contribution in [2.75, 3.05) is 0 Å². The lowest BCUT2D eigenvalue weighted by atomic mass is 9.96. The quantitative estimate of drug-likeness (QED) is 0.814. The van der Waals surface area contributed by atoms with Crippen LogP contribution in [0.25, 0.3) is 0 Å². The summed E-state index contributed by atoms with van der Waals surface area (Å²) in [6, 6.07) is 3.24. The van der Waals surface area contributed by atoms with Crippen LogP contribution >= 0.6 is 0 Å². The Labute approximate surface area is 112 Å². The number of carboxylic acid groups (broad SMARTS) is 1. The molecule has 1 amide bonds. The molecule has 0 aromatic heterocycles. The van der Waals surface area contributed by atoms with E-state index in [4.69, 9.17) is 6.42 Å². The fourth-order valence-corrected chi connectivity index (χ4v) is 1.90. The minimum Gasteiger partial charge on any atom is -0.478 e. The monoisotopic (exact) mass is 259 g/mol. The number of terminal acetylenes is 1. The number of aromatic carboxylic acids is 1. The van der Waals surface area contributed by atoms with Crippen molar-refractivity contribution in [1.29, 1.82) is 0 Å². The van der Waals surface area contributed by atoms with E-state index in [9.17, 15) is 14.7 Å². The number of hydrogen-bond donors (Lipinski definition) is 2. The fraction of sp³-hybridized carbons (Fsp3) is 0.333. The van der Waals surface area contributed by atoms with Gasteiger partial charge in [-0.1, -0.05) is 12.1 Å². The summed E-state index contributed by atoms with van der Waals surface area (Å²) >= 11 is 0. The molecule has 0 aliphatic carbocycles. The average molecular weight is 259 g/mol. The van der Waals surface area contributed by atoms with Crippen molar-refractivity contribution in [3.8, 4) is 12.3 Å². The lowest BCUT2D eigenvalue weighted by molar-refractivity contribution is 0.0689. The first-order chi connectivity index (χ1) is 8.88. The maximum absolute atomic E-state index is 12.2. The summed E-state index contributed by atoms with van der Waals surface area (Å²) in [5, 5.41) is 12.0. The topological polar surface area (TPSA) is 66.4 Å². The molecule has 0 saturated heterocycles. The summed E-state index contributed by atoms with van der Waals surface area (Å²) < 4.78 is 0. The van der Waals surface area contributed by atoms with Gasteiger partial charge in [0.2, 0.25) is 0 Å². The third kappa shape index (κ3) is 3.35. The van der Waals surface area contributed by atoms with Crippen molar-refractivity contribution < 1.29 is 14.7 Å². The van der Waals surface area contributed by atoms with E-state index in [1.165, 1.54) is 0 Å². The van der Waals surface area contributed by atoms with E-state index in [1.807, 2.05) is 0 Å². The van der Waals surface area contributed by atoms with Gasteiger partial charge in [-0.05, 0) is 31.9 Å². The summed E-state index contributed by atoms with van der Waals surface area (Å²) in [5.74, 6) is 0.954. The molecule has 4 heteroatoms. The van der Waals surface area contributed by atoms with Gasteiger partial charge >= 0.3 is 5.97 Å². The van der Waals surface area contributed by atoms with Gasteiger partial charge < -0.3 is 10.4 Å². The maximum atomic E-state index is 12.2. The number of hydrogen-bond acceptors (Lipinski definition) is 2. The fourth-order valence-electron chi connectivity index (χ4n) is 1.90. The lowest BCUT2D eigenvalue weighted by Crippen LogP contribution is -2.34. The highest BCUT2D eigenvalue weighted by molar-refractivity contribution is 6.06. The molecule has 2 N–H and O–H groups in total. The zero-order valence-corrected chi connectivity index (χ0v) is 11.3. The molecule has 0 aliphatic heterocycles. The maximum Gasteiger partial charge on any atom is 0.336 e. The third-order valence-corrected chi connectivity index (χ3v) is 2.86. The molecule has 0 fully saturated rings. The van der Waals surface area contributed by atoms with Crippen LogP contribution in [0.15, 0.2) is 12.1 Å². The van der Waals surface area contributed by atoms with Crippen molar-refractivity contribution in [3.63, 3.8) is 0 Å². The SMILES string of the molecule is C#CCC(C)NC(=O)c1c(C)ccc(C)c1C(=O)O. The van der Waals surface area contributed by atoms with Crippen LogP contribution in [0.3, 0.4) is 0 Å². The number of rotatable bonds is 4. The molecule has 0 spiro atoms. The molecule has 1 aromatic rings. The van der Waals surface area contributed by atoms with E-state index in [1.54, 1.807) is 32.9 Å². The molecule has 1 rings (SSSR count). The smallest absolute Gasteiger partial charge is 0.336 e. The Hall–Kier alpha value is -2.28. The van der Waals surface area contributed by atoms with Gasteiger partial charge in [-0.15, -0.1) is 12.3 Å². The van der Waals surface area contributed by atoms with Crippen LogP contribution in [-0.2, 0) is 0 Å². The zero-order chi connectivity index (χ0) is 14.6. The molecule has 0 bridgehead atoms. The van der Waals surface area contributed by atoms with Crippen molar-refractivity contribution in [2.45, 2.75) is 33.2 Å². The molecular weight excluding hydrogens is 242 g/mol. The standard InChI is InChI=1S/C15H17NO3/c1-5-6-11(4)16-14(17)12-9(2)7-8-10(3)13(12)15(18)19/h1,7-8,11H,6H2,2-4H3,(H,16,17)(H,18,19). The second-order valence-corrected chi connectivity index (χ2v) is 4.54. The molecule has 0 radical (unpaired) electrons. The molecule has 0 saturated carbocycles. The molecule has 0 heterocycles.